The highest BCUT2D eigenvalue weighted by atomic mass is 35.5. The van der Waals surface area contributed by atoms with E-state index in [2.05, 4.69) is 5.32 Å². The lowest BCUT2D eigenvalue weighted by Crippen LogP contribution is -2.53. The Hall–Kier alpha value is -2.78. The molecule has 11 heteroatoms. The van der Waals surface area contributed by atoms with Crippen molar-refractivity contribution in [3.05, 3.63) is 93.4 Å². The van der Waals surface area contributed by atoms with E-state index >= 15 is 0 Å². The van der Waals surface area contributed by atoms with Gasteiger partial charge in [-0.1, -0.05) is 66.0 Å². The number of amides is 2. The predicted molar refractivity (Wildman–Crippen MR) is 157 cm³/mol. The van der Waals surface area contributed by atoms with Gasteiger partial charge in [-0.15, -0.1) is 0 Å². The van der Waals surface area contributed by atoms with Gasteiger partial charge < -0.3 is 10.2 Å². The number of rotatable bonds is 11. The molecule has 0 aliphatic rings. The van der Waals surface area contributed by atoms with Crippen molar-refractivity contribution in [1.29, 1.82) is 0 Å². The molecule has 0 bridgehead atoms. The summed E-state index contributed by atoms with van der Waals surface area (Å²) in [5.41, 5.74) is 0.695. The Morgan fingerprint density at radius 2 is 1.46 bits per heavy atom. The summed E-state index contributed by atoms with van der Waals surface area (Å²) in [5, 5.41) is 3.91. The summed E-state index contributed by atoms with van der Waals surface area (Å²) in [6.07, 6.45) is 0.277. The fourth-order valence-electron chi connectivity index (χ4n) is 4.01. The summed E-state index contributed by atoms with van der Waals surface area (Å²) < 4.78 is 28.5. The molecule has 1 atom stereocenters. The van der Waals surface area contributed by atoms with Crippen molar-refractivity contribution < 1.29 is 18.0 Å². The normalized spacial score (nSPS) is 12.2. The van der Waals surface area contributed by atoms with Gasteiger partial charge >= 0.3 is 0 Å². The third-order valence-electron chi connectivity index (χ3n) is 5.93. The van der Waals surface area contributed by atoms with Crippen molar-refractivity contribution in [3.8, 4) is 0 Å². The molecule has 208 valence electrons. The molecule has 0 saturated heterocycles. The van der Waals surface area contributed by atoms with Crippen LogP contribution < -0.4 is 9.62 Å². The molecule has 0 heterocycles. The smallest absolute Gasteiger partial charge is 0.264 e. The van der Waals surface area contributed by atoms with Crippen molar-refractivity contribution in [1.82, 2.24) is 10.2 Å². The molecule has 39 heavy (non-hydrogen) atoms. The van der Waals surface area contributed by atoms with Gasteiger partial charge in [0, 0.05) is 33.2 Å². The quantitative estimate of drug-likeness (QED) is 0.281. The van der Waals surface area contributed by atoms with Crippen molar-refractivity contribution in [3.63, 3.8) is 0 Å². The number of anilines is 1. The standard InChI is InChI=1S/C28H30Cl3N3O4S/c1-4-26(28(36)32-19(2)3)33(17-23-24(30)11-8-12-25(23)31)27(35)18-34(21-15-13-20(29)14-16-21)39(37,38)22-9-6-5-7-10-22/h5-16,19,26H,4,17-18H2,1-3H3,(H,32,36)/t26-/m0/s1. The first-order chi connectivity index (χ1) is 18.4. The lowest BCUT2D eigenvalue weighted by Gasteiger charge is -2.34. The third kappa shape index (κ3) is 7.66. The molecular weight excluding hydrogens is 581 g/mol. The summed E-state index contributed by atoms with van der Waals surface area (Å²) in [6, 6.07) is 17.8. The molecule has 3 rings (SSSR count). The van der Waals surface area contributed by atoms with Crippen LogP contribution >= 0.6 is 34.8 Å². The first kappa shape index (κ1) is 30.8. The number of hydrogen-bond donors (Lipinski definition) is 1. The van der Waals surface area contributed by atoms with Crippen LogP contribution in [0.25, 0.3) is 0 Å². The zero-order valence-electron chi connectivity index (χ0n) is 21.8. The van der Waals surface area contributed by atoms with Gasteiger partial charge in [-0.25, -0.2) is 8.42 Å². The van der Waals surface area contributed by atoms with Gasteiger partial charge in [-0.05, 0) is 68.8 Å². The van der Waals surface area contributed by atoms with Crippen LogP contribution in [0, 0.1) is 0 Å². The second-order valence-corrected chi connectivity index (χ2v) is 12.2. The summed E-state index contributed by atoms with van der Waals surface area (Å²) in [7, 11) is -4.17. The topological polar surface area (TPSA) is 86.8 Å². The minimum atomic E-state index is -4.17. The average molecular weight is 611 g/mol. The Bertz CT molecular complexity index is 1380. The number of carbonyl (C=O) groups excluding carboxylic acids is 2. The van der Waals surface area contributed by atoms with E-state index < -0.39 is 28.5 Å². The van der Waals surface area contributed by atoms with Crippen LogP contribution in [0.15, 0.2) is 77.7 Å². The first-order valence-corrected chi connectivity index (χ1v) is 14.9. The second-order valence-electron chi connectivity index (χ2n) is 9.11. The second kappa shape index (κ2) is 13.5. The molecule has 0 aromatic heterocycles. The van der Waals surface area contributed by atoms with Crippen LogP contribution in [0.5, 0.6) is 0 Å². The zero-order valence-corrected chi connectivity index (χ0v) is 24.9. The summed E-state index contributed by atoms with van der Waals surface area (Å²) >= 11 is 18.9. The highest BCUT2D eigenvalue weighted by molar-refractivity contribution is 7.92. The minimum Gasteiger partial charge on any atom is -0.352 e. The molecule has 3 aromatic carbocycles. The third-order valence-corrected chi connectivity index (χ3v) is 8.68. The molecule has 0 radical (unpaired) electrons. The van der Waals surface area contributed by atoms with E-state index in [0.717, 1.165) is 4.31 Å². The highest BCUT2D eigenvalue weighted by Crippen LogP contribution is 2.29. The van der Waals surface area contributed by atoms with Crippen molar-refractivity contribution in [2.45, 2.75) is 50.7 Å². The minimum absolute atomic E-state index is 0.0121. The SMILES string of the molecule is CC[C@@H](C(=O)NC(C)C)N(Cc1c(Cl)cccc1Cl)C(=O)CN(c1ccc(Cl)cc1)S(=O)(=O)c1ccccc1. The number of carbonyl (C=O) groups is 2. The molecule has 2 amide bonds. The van der Waals surface area contributed by atoms with Crippen LogP contribution in [0.3, 0.4) is 0 Å². The molecule has 0 aliphatic heterocycles. The lowest BCUT2D eigenvalue weighted by molar-refractivity contribution is -0.140. The number of nitrogens with zero attached hydrogens (tertiary/aromatic N) is 2. The Morgan fingerprint density at radius 3 is 2.00 bits per heavy atom. The van der Waals surface area contributed by atoms with Crippen LogP contribution in [0.1, 0.15) is 32.8 Å². The van der Waals surface area contributed by atoms with Gasteiger partial charge in [0.05, 0.1) is 10.6 Å². The van der Waals surface area contributed by atoms with Gasteiger partial charge in [0.15, 0.2) is 0 Å². The number of sulfonamides is 1. The van der Waals surface area contributed by atoms with Crippen LogP contribution in [0.4, 0.5) is 5.69 Å². The van der Waals surface area contributed by atoms with E-state index in [4.69, 9.17) is 34.8 Å². The zero-order chi connectivity index (χ0) is 28.7. The fraction of sp³-hybridized carbons (Fsp3) is 0.286. The van der Waals surface area contributed by atoms with Gasteiger partial charge in [0.25, 0.3) is 10.0 Å². The number of hydrogen-bond acceptors (Lipinski definition) is 4. The van der Waals surface area contributed by atoms with Gasteiger partial charge in [-0.3, -0.25) is 13.9 Å². The molecule has 0 spiro atoms. The van der Waals surface area contributed by atoms with Gasteiger partial charge in [0.1, 0.15) is 12.6 Å². The summed E-state index contributed by atoms with van der Waals surface area (Å²) in [4.78, 5) is 28.5. The van der Waals surface area contributed by atoms with Gasteiger partial charge in [-0.2, -0.15) is 0 Å². The number of halogens is 3. The van der Waals surface area contributed by atoms with E-state index in [0.29, 0.717) is 20.6 Å². The largest absolute Gasteiger partial charge is 0.352 e. The molecular formula is C28H30Cl3N3O4S. The fourth-order valence-corrected chi connectivity index (χ4v) is 6.09. The highest BCUT2D eigenvalue weighted by Gasteiger charge is 2.34. The lowest BCUT2D eigenvalue weighted by atomic mass is 10.1. The van der Waals surface area contributed by atoms with E-state index in [1.807, 2.05) is 13.8 Å². The monoisotopic (exact) mass is 609 g/mol. The molecule has 3 aromatic rings. The van der Waals surface area contributed by atoms with Crippen molar-refractivity contribution in [2.24, 2.45) is 0 Å². The predicted octanol–water partition coefficient (Wildman–Crippen LogP) is 6.17. The molecule has 0 aliphatic carbocycles. The molecule has 1 N–H and O–H groups in total. The van der Waals surface area contributed by atoms with E-state index in [9.17, 15) is 18.0 Å². The molecule has 0 saturated carbocycles. The first-order valence-electron chi connectivity index (χ1n) is 12.3. The van der Waals surface area contributed by atoms with Crippen molar-refractivity contribution in [2.75, 3.05) is 10.8 Å². The number of benzene rings is 3. The summed E-state index contributed by atoms with van der Waals surface area (Å²) in [5.74, 6) is -0.973. The Balaban J connectivity index is 2.09. The van der Waals surface area contributed by atoms with Crippen LogP contribution in [0.2, 0.25) is 15.1 Å². The molecule has 0 fully saturated rings. The van der Waals surface area contributed by atoms with E-state index in [1.54, 1.807) is 55.5 Å². The number of nitrogens with one attached hydrogen (secondary N) is 1. The maximum absolute atomic E-state index is 14.0. The maximum atomic E-state index is 14.0. The molecule has 0 unspecified atom stereocenters. The van der Waals surface area contributed by atoms with Gasteiger partial charge in [0.2, 0.25) is 11.8 Å². The Morgan fingerprint density at radius 1 is 0.872 bits per heavy atom. The maximum Gasteiger partial charge on any atom is 0.264 e. The van der Waals surface area contributed by atoms with Crippen molar-refractivity contribution >= 4 is 62.3 Å². The van der Waals surface area contributed by atoms with E-state index in [1.165, 1.54) is 29.2 Å². The summed E-state index contributed by atoms with van der Waals surface area (Å²) in [6.45, 7) is 4.73. The Kier molecular flexibility index (Phi) is 10.7. The molecule has 7 nitrogen and oxygen atoms in total. The van der Waals surface area contributed by atoms with E-state index in [-0.39, 0.29) is 35.5 Å². The van der Waals surface area contributed by atoms with Crippen LogP contribution in [-0.4, -0.2) is 43.8 Å². The average Bonchev–Trinajstić information content (AvgIpc) is 2.89. The Labute approximate surface area is 244 Å². The van der Waals surface area contributed by atoms with Crippen LogP contribution in [-0.2, 0) is 26.2 Å².